The molecule has 1 rings (SSSR count). The van der Waals surface area contributed by atoms with Gasteiger partial charge in [-0.25, -0.2) is 4.79 Å². The Bertz CT molecular complexity index is 855. The van der Waals surface area contributed by atoms with Crippen LogP contribution < -0.4 is 4.74 Å². The van der Waals surface area contributed by atoms with Gasteiger partial charge in [0.25, 0.3) is 0 Å². The van der Waals surface area contributed by atoms with E-state index in [1.54, 1.807) is 43.8 Å². The Balaban J connectivity index is 2.37. The van der Waals surface area contributed by atoms with Crippen LogP contribution in [0.2, 0.25) is 0 Å². The second-order valence-corrected chi connectivity index (χ2v) is 13.3. The third kappa shape index (κ3) is 12.2. The van der Waals surface area contributed by atoms with Crippen LogP contribution in [0.1, 0.15) is 71.1 Å². The highest BCUT2D eigenvalue weighted by Crippen LogP contribution is 2.51. The molecule has 0 aliphatic heterocycles. The first-order valence-corrected chi connectivity index (χ1v) is 15.5. The molecular formula is C24H41NO7S2. The van der Waals surface area contributed by atoms with Gasteiger partial charge in [0.2, 0.25) is 5.91 Å². The summed E-state index contributed by atoms with van der Waals surface area (Å²) in [6.07, 6.45) is 14.4. The minimum Gasteiger partial charge on any atom is -0.425 e. The SMILES string of the molecule is CCCCCCCCCCCC(=O)N(C)CC(=O)Oc1ccc(S(C)(C)OS(=O)(=O)OC)cc1. The smallest absolute Gasteiger partial charge is 0.409 e. The molecule has 1 aromatic rings. The van der Waals surface area contributed by atoms with Crippen LogP contribution in [0.25, 0.3) is 0 Å². The van der Waals surface area contributed by atoms with E-state index in [2.05, 4.69) is 11.1 Å². The van der Waals surface area contributed by atoms with E-state index in [1.807, 2.05) is 0 Å². The molecule has 8 nitrogen and oxygen atoms in total. The minimum atomic E-state index is -4.08. The van der Waals surface area contributed by atoms with E-state index in [0.29, 0.717) is 17.1 Å². The van der Waals surface area contributed by atoms with E-state index >= 15 is 0 Å². The molecule has 0 atom stereocenters. The molecule has 1 amide bonds. The molecule has 0 saturated carbocycles. The number of hydrogen-bond acceptors (Lipinski definition) is 7. The Morgan fingerprint density at radius 2 is 1.41 bits per heavy atom. The lowest BCUT2D eigenvalue weighted by atomic mass is 10.1. The zero-order valence-electron chi connectivity index (χ0n) is 21.2. The summed E-state index contributed by atoms with van der Waals surface area (Å²) in [6.45, 7) is 2.08. The molecule has 0 fully saturated rings. The maximum Gasteiger partial charge on any atom is 0.409 e. The standard InChI is InChI=1S/C24H41NO7S2/c1-6-7-8-9-10-11-12-13-14-15-23(26)25(2)20-24(27)31-21-16-18-22(19-17-21)33(4,5)32-34(28,29)30-3/h16-19H,6-15,20H2,1-5H3. The highest BCUT2D eigenvalue weighted by atomic mass is 32.3. The molecule has 196 valence electrons. The largest absolute Gasteiger partial charge is 0.425 e. The molecule has 0 unspecified atom stereocenters. The number of rotatable bonds is 17. The van der Waals surface area contributed by atoms with Crippen molar-refractivity contribution in [1.29, 1.82) is 0 Å². The normalized spacial score (nSPS) is 12.4. The number of carbonyl (C=O) groups excluding carboxylic acids is 2. The van der Waals surface area contributed by atoms with Crippen molar-refractivity contribution in [3.63, 3.8) is 0 Å². The number of carbonyl (C=O) groups is 2. The van der Waals surface area contributed by atoms with Gasteiger partial charge in [-0.15, -0.1) is 0 Å². The minimum absolute atomic E-state index is 0.0721. The van der Waals surface area contributed by atoms with Crippen molar-refractivity contribution in [2.75, 3.05) is 33.2 Å². The topological polar surface area (TPSA) is 99.2 Å². The van der Waals surface area contributed by atoms with Crippen molar-refractivity contribution in [2.45, 2.75) is 76.0 Å². The molecule has 0 saturated heterocycles. The van der Waals surface area contributed by atoms with Gasteiger partial charge in [-0.05, 0) is 43.2 Å². The first-order valence-electron chi connectivity index (χ1n) is 11.8. The molecule has 0 aliphatic rings. The quantitative estimate of drug-likeness (QED) is 0.158. The molecule has 10 heteroatoms. The van der Waals surface area contributed by atoms with Crippen molar-refractivity contribution in [1.82, 2.24) is 4.90 Å². The molecule has 0 radical (unpaired) electrons. The van der Waals surface area contributed by atoms with Crippen LogP contribution in [0.15, 0.2) is 29.2 Å². The average molecular weight is 520 g/mol. The molecule has 1 aromatic carbocycles. The molecule has 0 N–H and O–H groups in total. The van der Waals surface area contributed by atoms with Crippen LogP contribution in [0.5, 0.6) is 5.75 Å². The van der Waals surface area contributed by atoms with Crippen molar-refractivity contribution >= 4 is 32.6 Å². The summed E-state index contributed by atoms with van der Waals surface area (Å²) in [4.78, 5) is 26.5. The highest BCUT2D eigenvalue weighted by Gasteiger charge is 2.24. The summed E-state index contributed by atoms with van der Waals surface area (Å²) < 4.78 is 38.0. The van der Waals surface area contributed by atoms with Gasteiger partial charge < -0.3 is 9.64 Å². The molecule has 0 aliphatic carbocycles. The van der Waals surface area contributed by atoms with Gasteiger partial charge in [-0.1, -0.05) is 68.6 Å². The first-order chi connectivity index (χ1) is 16.0. The summed E-state index contributed by atoms with van der Waals surface area (Å²) >= 11 is 0. The number of hydrogen-bond donors (Lipinski definition) is 0. The van der Waals surface area contributed by atoms with Gasteiger partial charge in [-0.3, -0.25) is 8.98 Å². The molecule has 0 spiro atoms. The zero-order chi connectivity index (χ0) is 25.6. The number of amides is 1. The van der Waals surface area contributed by atoms with E-state index in [0.717, 1.165) is 26.4 Å². The molecule has 0 heterocycles. The number of benzene rings is 1. The van der Waals surface area contributed by atoms with Crippen LogP contribution >= 0.6 is 10.3 Å². The predicted octanol–water partition coefficient (Wildman–Crippen LogP) is 5.22. The van der Waals surface area contributed by atoms with Crippen LogP contribution in [0.3, 0.4) is 0 Å². The predicted molar refractivity (Wildman–Crippen MR) is 136 cm³/mol. The van der Waals surface area contributed by atoms with E-state index in [1.165, 1.54) is 43.4 Å². The Morgan fingerprint density at radius 3 is 1.94 bits per heavy atom. The van der Waals surface area contributed by atoms with Gasteiger partial charge in [-0.2, -0.15) is 12.0 Å². The third-order valence-corrected chi connectivity index (χ3v) is 9.21. The van der Waals surface area contributed by atoms with E-state index in [4.69, 9.17) is 8.37 Å². The monoisotopic (exact) mass is 519 g/mol. The van der Waals surface area contributed by atoms with Gasteiger partial charge in [0.1, 0.15) is 12.3 Å². The summed E-state index contributed by atoms with van der Waals surface area (Å²) in [5, 5.41) is 0. The first kappa shape index (κ1) is 30.4. The lowest BCUT2D eigenvalue weighted by molar-refractivity contribution is -0.141. The Morgan fingerprint density at radius 1 is 0.882 bits per heavy atom. The van der Waals surface area contributed by atoms with Crippen LogP contribution in [0.4, 0.5) is 0 Å². The average Bonchev–Trinajstić information content (AvgIpc) is 2.77. The zero-order valence-corrected chi connectivity index (χ0v) is 22.8. The summed E-state index contributed by atoms with van der Waals surface area (Å²) in [5.74, 6) is -0.309. The maximum atomic E-state index is 12.3. The number of ether oxygens (including phenoxy) is 1. The fourth-order valence-corrected chi connectivity index (χ4v) is 6.33. The Hall–Kier alpha value is -1.62. The molecular weight excluding hydrogens is 478 g/mol. The van der Waals surface area contributed by atoms with Crippen LogP contribution in [0, 0.1) is 0 Å². The maximum absolute atomic E-state index is 12.3. The second kappa shape index (κ2) is 15.4. The number of esters is 1. The Kier molecular flexibility index (Phi) is 13.8. The van der Waals surface area contributed by atoms with Crippen LogP contribution in [-0.2, 0) is 27.8 Å². The van der Waals surface area contributed by atoms with Crippen molar-refractivity contribution < 1.29 is 30.6 Å². The number of nitrogens with zero attached hydrogens (tertiary/aromatic N) is 1. The number of unbranched alkanes of at least 4 members (excludes halogenated alkanes) is 8. The molecule has 34 heavy (non-hydrogen) atoms. The summed E-state index contributed by atoms with van der Waals surface area (Å²) in [7, 11) is -3.58. The number of likely N-dealkylation sites (N-methyl/N-ethyl adjacent to an activating group) is 1. The highest BCUT2D eigenvalue weighted by molar-refractivity contribution is 8.31. The fourth-order valence-electron chi connectivity index (χ4n) is 3.33. The van der Waals surface area contributed by atoms with Gasteiger partial charge in [0, 0.05) is 18.4 Å². The van der Waals surface area contributed by atoms with E-state index in [-0.39, 0.29) is 12.5 Å². The molecule has 0 aromatic heterocycles. The Labute approximate surface area is 207 Å². The second-order valence-electron chi connectivity index (χ2n) is 8.65. The van der Waals surface area contributed by atoms with Crippen molar-refractivity contribution in [3.05, 3.63) is 24.3 Å². The van der Waals surface area contributed by atoms with Crippen molar-refractivity contribution in [3.8, 4) is 5.75 Å². The molecule has 0 bridgehead atoms. The van der Waals surface area contributed by atoms with Gasteiger partial charge >= 0.3 is 16.4 Å². The van der Waals surface area contributed by atoms with Gasteiger partial charge in [0.05, 0.1) is 7.11 Å². The third-order valence-electron chi connectivity index (χ3n) is 5.37. The van der Waals surface area contributed by atoms with Crippen LogP contribution in [-0.4, -0.2) is 58.4 Å². The fraction of sp³-hybridized carbons (Fsp3) is 0.667. The van der Waals surface area contributed by atoms with Crippen molar-refractivity contribution in [2.24, 2.45) is 0 Å². The van der Waals surface area contributed by atoms with Gasteiger partial charge in [0.15, 0.2) is 0 Å². The summed E-state index contributed by atoms with van der Waals surface area (Å²) in [6, 6.07) is 6.41. The van der Waals surface area contributed by atoms with E-state index in [9.17, 15) is 18.0 Å². The summed E-state index contributed by atoms with van der Waals surface area (Å²) in [5.41, 5.74) is 0. The lowest BCUT2D eigenvalue weighted by Gasteiger charge is -2.29. The lowest BCUT2D eigenvalue weighted by Crippen LogP contribution is -2.33. The van der Waals surface area contributed by atoms with E-state index < -0.39 is 26.7 Å².